The topological polar surface area (TPSA) is 173 Å². The molecule has 0 spiro atoms. The van der Waals surface area contributed by atoms with Crippen LogP contribution in [0.15, 0.2) is 94.7 Å². The Balaban J connectivity index is 0.000000440. The van der Waals surface area contributed by atoms with Gasteiger partial charge in [-0.1, -0.05) is 215 Å². The van der Waals surface area contributed by atoms with Gasteiger partial charge in [0, 0.05) is 0 Å². The minimum atomic E-state index is -4.70. The average molecular weight is 963 g/mol. The van der Waals surface area contributed by atoms with Gasteiger partial charge in [0.1, 0.15) is 32.3 Å². The van der Waals surface area contributed by atoms with Gasteiger partial charge >= 0.3 is 37.7 Å². The van der Waals surface area contributed by atoms with Gasteiger partial charge in [0.25, 0.3) is 10.1 Å². The number of benzene rings is 4. The van der Waals surface area contributed by atoms with Crippen molar-refractivity contribution in [3.05, 3.63) is 96.1 Å². The van der Waals surface area contributed by atoms with Gasteiger partial charge in [-0.05, 0) is 67.1 Å². The Bertz CT molecular complexity index is 1970. The molecule has 356 valence electrons. The number of ether oxygens (including phenoxy) is 2. The zero-order valence-electron chi connectivity index (χ0n) is 39.2. The van der Waals surface area contributed by atoms with Gasteiger partial charge in [0.15, 0.2) is 11.5 Å². The van der Waals surface area contributed by atoms with Gasteiger partial charge in [0.2, 0.25) is 0 Å². The average Bonchev–Trinajstić information content (AvgIpc) is 3.26. The summed E-state index contributed by atoms with van der Waals surface area (Å²) in [6, 6.07) is 21.5. The zero-order chi connectivity index (χ0) is 46.5. The predicted octanol–water partition coefficient (Wildman–Crippen LogP) is 14.0. The summed E-state index contributed by atoms with van der Waals surface area (Å²) in [5.74, 6) is -0.140. The Labute approximate surface area is 421 Å². The Hall–Kier alpha value is -2.84. The summed E-state index contributed by atoms with van der Waals surface area (Å²) >= 11 is 0. The van der Waals surface area contributed by atoms with E-state index in [0.29, 0.717) is 6.42 Å². The second kappa shape index (κ2) is 33.6. The molecule has 0 amide bonds. The van der Waals surface area contributed by atoms with E-state index in [1.54, 1.807) is 24.3 Å². The van der Waals surface area contributed by atoms with Crippen molar-refractivity contribution in [2.45, 2.75) is 191 Å². The number of aryl methyl sites for hydroxylation is 2. The maximum absolute atomic E-state index is 12.4. The molecule has 0 saturated carbocycles. The Morgan fingerprint density at radius 3 is 1.25 bits per heavy atom. The summed E-state index contributed by atoms with van der Waals surface area (Å²) in [6.45, 7) is 4.49. The van der Waals surface area contributed by atoms with Crippen LogP contribution in [0.25, 0.3) is 0 Å². The summed E-state index contributed by atoms with van der Waals surface area (Å²) in [5.41, 5.74) is 1.56. The quantitative estimate of drug-likeness (QED) is 0.0272. The second-order valence-corrected chi connectivity index (χ2v) is 19.6. The zero-order valence-corrected chi connectivity index (χ0v) is 43.0. The van der Waals surface area contributed by atoms with Gasteiger partial charge in [-0.2, -0.15) is 8.42 Å². The van der Waals surface area contributed by atoms with Gasteiger partial charge in [0.05, 0.1) is 4.90 Å². The molecule has 0 aliphatic rings. The summed E-state index contributed by atoms with van der Waals surface area (Å²) < 4.78 is 78.6. The number of rotatable bonds is 32. The molecule has 0 saturated heterocycles. The largest absolute Gasteiger partial charge is 2.00 e. The molecular weight excluding hydrogens is 889 g/mol. The maximum atomic E-state index is 12.4. The molecule has 4 rings (SSSR count). The maximum Gasteiger partial charge on any atom is 2.00 e. The first-order valence-corrected chi connectivity index (χ1v) is 26.8. The molecule has 4 aromatic rings. The molecule has 0 fully saturated rings. The number of hydrogen-bond donors (Lipinski definition) is 2. The third kappa shape index (κ3) is 23.6. The van der Waals surface area contributed by atoms with E-state index in [4.69, 9.17) is 9.47 Å². The van der Waals surface area contributed by atoms with E-state index in [9.17, 15) is 36.2 Å². The number of unbranched alkanes of at least 4 members (excludes halogenated alkanes) is 22. The van der Waals surface area contributed by atoms with Crippen LogP contribution in [-0.2, 0) is 33.1 Å². The minimum Gasteiger partial charge on any atom is -0.870 e. The molecule has 0 atom stereocenters. The van der Waals surface area contributed by atoms with E-state index in [1.807, 2.05) is 12.1 Å². The van der Waals surface area contributed by atoms with Crippen LogP contribution in [0.2, 0.25) is 0 Å². The number of para-hydroxylation sites is 4. The van der Waals surface area contributed by atoms with Crippen LogP contribution in [0.4, 0.5) is 0 Å². The summed E-state index contributed by atoms with van der Waals surface area (Å²) in [7, 11) is -9.12. The molecule has 0 bridgehead atoms. The molecule has 0 aliphatic heterocycles. The standard InChI is InChI=1S/2C26H38O5S.Ca/c2*1-2-3-4-5-6-7-8-9-10-11-12-13-17-22-18-16-19-23(27)26(22)31-24-20-14-15-21-25(24)32(28,29)30;/h2*14-16,18-21,27H,2-13,17H2,1H3,(H,28,29,30);/q;;+2/p-2. The van der Waals surface area contributed by atoms with Crippen molar-refractivity contribution in [2.24, 2.45) is 0 Å². The summed E-state index contributed by atoms with van der Waals surface area (Å²) in [5, 5.41) is 22.7. The normalized spacial score (nSPS) is 11.4. The van der Waals surface area contributed by atoms with E-state index in [0.717, 1.165) is 43.2 Å². The van der Waals surface area contributed by atoms with E-state index in [1.165, 1.54) is 177 Å². The molecule has 65 heavy (non-hydrogen) atoms. The Morgan fingerprint density at radius 2 is 0.815 bits per heavy atom. The monoisotopic (exact) mass is 962 g/mol. The molecule has 10 nitrogen and oxygen atoms in total. The van der Waals surface area contributed by atoms with Crippen LogP contribution < -0.4 is 14.6 Å². The van der Waals surface area contributed by atoms with Gasteiger partial charge in [-0.3, -0.25) is 4.55 Å². The van der Waals surface area contributed by atoms with Gasteiger partial charge in [-0.15, -0.1) is 0 Å². The predicted molar refractivity (Wildman–Crippen MR) is 260 cm³/mol. The van der Waals surface area contributed by atoms with Crippen LogP contribution in [0.3, 0.4) is 0 Å². The van der Waals surface area contributed by atoms with Crippen LogP contribution in [0, 0.1) is 0 Å². The first-order valence-electron chi connectivity index (χ1n) is 23.9. The number of hydrogen-bond acceptors (Lipinski definition) is 9. The number of phenols is 1. The fourth-order valence-corrected chi connectivity index (χ4v) is 9.00. The third-order valence-corrected chi connectivity index (χ3v) is 13.2. The molecule has 4 aromatic carbocycles. The molecule has 13 heteroatoms. The van der Waals surface area contributed by atoms with Crippen molar-refractivity contribution in [1.82, 2.24) is 0 Å². The van der Waals surface area contributed by atoms with Crippen molar-refractivity contribution in [1.29, 1.82) is 0 Å². The van der Waals surface area contributed by atoms with Crippen molar-refractivity contribution in [3.63, 3.8) is 0 Å². The second-order valence-electron chi connectivity index (χ2n) is 16.8. The van der Waals surface area contributed by atoms with Crippen LogP contribution in [0.1, 0.15) is 179 Å². The van der Waals surface area contributed by atoms with Crippen molar-refractivity contribution < 1.29 is 45.6 Å². The Morgan fingerprint density at radius 1 is 0.462 bits per heavy atom. The molecule has 0 heterocycles. The summed E-state index contributed by atoms with van der Waals surface area (Å²) in [6.07, 6.45) is 31.7. The molecule has 0 aliphatic carbocycles. The Kier molecular flexibility index (Phi) is 30.1. The van der Waals surface area contributed by atoms with Crippen LogP contribution in [-0.4, -0.2) is 68.8 Å². The SMILES string of the molecule is CCCCCCCCCCCCCCc1cccc(O)c1Oc1ccccc1S(=O)(=O)O.CCCCCCCCCCCCCCc1cccc([O-])c1Oc1ccccc1S(=O)(=O)[O-].[Ca+2]. The smallest absolute Gasteiger partial charge is 0.870 e. The molecule has 0 radical (unpaired) electrons. The van der Waals surface area contributed by atoms with Crippen molar-refractivity contribution in [2.75, 3.05) is 0 Å². The van der Waals surface area contributed by atoms with Gasteiger partial charge < -0.3 is 24.2 Å². The third-order valence-electron chi connectivity index (χ3n) is 11.4. The number of phenolic OH excluding ortho intramolecular Hbond substituents is 1. The molecular formula is C52H74CaO10S2. The van der Waals surface area contributed by atoms with E-state index >= 15 is 0 Å². The van der Waals surface area contributed by atoms with Crippen LogP contribution >= 0.6 is 0 Å². The van der Waals surface area contributed by atoms with E-state index in [2.05, 4.69) is 13.8 Å². The summed E-state index contributed by atoms with van der Waals surface area (Å²) in [4.78, 5) is -0.779. The molecule has 0 aromatic heterocycles. The van der Waals surface area contributed by atoms with E-state index < -0.39 is 25.1 Å². The first-order chi connectivity index (χ1) is 30.9. The molecule has 2 N–H and O–H groups in total. The van der Waals surface area contributed by atoms with Crippen LogP contribution in [0.5, 0.6) is 34.5 Å². The van der Waals surface area contributed by atoms with Crippen molar-refractivity contribution in [3.8, 4) is 34.5 Å². The minimum absolute atomic E-state index is 0. The fourth-order valence-electron chi connectivity index (χ4n) is 7.78. The van der Waals surface area contributed by atoms with Crippen molar-refractivity contribution >= 4 is 58.0 Å². The van der Waals surface area contributed by atoms with Gasteiger partial charge in [-0.25, -0.2) is 8.42 Å². The van der Waals surface area contributed by atoms with E-state index in [-0.39, 0.29) is 77.1 Å². The molecule has 0 unspecified atom stereocenters. The fraction of sp³-hybridized carbons (Fsp3) is 0.538. The first kappa shape index (κ1) is 58.3. The number of aromatic hydroxyl groups is 1.